The Balaban J connectivity index is 0.000000323. The molecule has 2 aliphatic rings. The summed E-state index contributed by atoms with van der Waals surface area (Å²) in [4.78, 5) is 50.1. The summed E-state index contributed by atoms with van der Waals surface area (Å²) in [6.07, 6.45) is 8.35. The second kappa shape index (κ2) is 28.4. The van der Waals surface area contributed by atoms with Crippen LogP contribution in [0.2, 0.25) is 0 Å². The van der Waals surface area contributed by atoms with Crippen molar-refractivity contribution >= 4 is 19.8 Å². The molecule has 0 aliphatic carbocycles. The van der Waals surface area contributed by atoms with E-state index in [0.717, 1.165) is 158 Å². The number of carbonyl (C=O) groups is 2. The van der Waals surface area contributed by atoms with E-state index in [1.165, 1.54) is 0 Å². The van der Waals surface area contributed by atoms with E-state index in [4.69, 9.17) is 38.2 Å². The van der Waals surface area contributed by atoms with Crippen LogP contribution in [-0.4, -0.2) is 95.3 Å². The number of phosphoric acid groups is 1. The molecule has 4 aromatic carbocycles. The van der Waals surface area contributed by atoms with E-state index < -0.39 is 19.7 Å². The molecule has 12 nitrogen and oxygen atoms in total. The second-order valence-corrected chi connectivity index (χ2v) is 19.0. The van der Waals surface area contributed by atoms with Crippen LogP contribution in [0.25, 0.3) is 0 Å². The van der Waals surface area contributed by atoms with Crippen molar-refractivity contribution in [3.8, 4) is 23.0 Å². The highest BCUT2D eigenvalue weighted by molar-refractivity contribution is 7.43. The maximum Gasteiger partial charge on any atom is 0.318 e. The largest absolute Gasteiger partial charge is 1.00 e. The molecule has 0 saturated carbocycles. The van der Waals surface area contributed by atoms with Crippen LogP contribution >= 0.6 is 7.82 Å². The second-order valence-electron chi connectivity index (χ2n) is 18.0. The summed E-state index contributed by atoms with van der Waals surface area (Å²) >= 11 is 0. The van der Waals surface area contributed by atoms with Crippen molar-refractivity contribution in [1.82, 2.24) is 0 Å². The van der Waals surface area contributed by atoms with E-state index in [0.29, 0.717) is 0 Å². The van der Waals surface area contributed by atoms with Gasteiger partial charge in [-0.3, -0.25) is 14.2 Å². The van der Waals surface area contributed by atoms with Crippen LogP contribution in [0.15, 0.2) is 97.1 Å². The van der Waals surface area contributed by atoms with Gasteiger partial charge in [-0.25, -0.2) is 0 Å². The first kappa shape index (κ1) is 58.1. The molecule has 4 aromatic rings. The van der Waals surface area contributed by atoms with Gasteiger partial charge in [0.1, 0.15) is 47.9 Å². The van der Waals surface area contributed by atoms with Gasteiger partial charge in [0.15, 0.2) is 12.2 Å². The highest BCUT2D eigenvalue weighted by atomic mass is 35.5. The smallest absolute Gasteiger partial charge is 0.318 e. The number of para-hydroxylation sites is 4. The Bertz CT molecular complexity index is 1920. The Kier molecular flexibility index (Phi) is 24.3. The van der Waals surface area contributed by atoms with Crippen LogP contribution in [0.3, 0.4) is 0 Å². The molecule has 2 heterocycles. The summed E-state index contributed by atoms with van der Waals surface area (Å²) < 4.78 is 35.4. The predicted octanol–water partition coefficient (Wildman–Crippen LogP) is 8.03. The number of halogens is 1. The SMILES string of the molecule is CCC[N+](CCC)(CCC)CC(CC)OC(=O)C1c2ccccc2Oc2ccccc21.CCC[N+](CCC)(CCC)CC(CC)OC(=O)C1c2ccccc2Oc2ccccc21.O=P([O-])(O)O.[Cl-]. The van der Waals surface area contributed by atoms with Crippen molar-refractivity contribution in [1.29, 1.82) is 0 Å². The molecule has 2 unspecified atom stereocenters. The van der Waals surface area contributed by atoms with Crippen LogP contribution in [0, 0.1) is 0 Å². The summed E-state index contributed by atoms with van der Waals surface area (Å²) in [5.74, 6) is 1.73. The van der Waals surface area contributed by atoms with E-state index in [2.05, 4.69) is 55.4 Å². The lowest BCUT2D eigenvalue weighted by Gasteiger charge is -2.41. The first-order valence-corrected chi connectivity index (χ1v) is 26.3. The summed E-state index contributed by atoms with van der Waals surface area (Å²) in [6, 6.07) is 31.2. The van der Waals surface area contributed by atoms with E-state index in [1.54, 1.807) is 0 Å². The van der Waals surface area contributed by atoms with Gasteiger partial charge in [0.05, 0.1) is 39.3 Å². The average Bonchev–Trinajstić information content (AvgIpc) is 3.29. The van der Waals surface area contributed by atoms with Crippen LogP contribution in [-0.2, 0) is 23.6 Å². The molecular formula is C54H78ClN2O10P. The molecule has 2 aliphatic heterocycles. The van der Waals surface area contributed by atoms with Crippen molar-refractivity contribution < 1.29 is 69.2 Å². The molecule has 0 fully saturated rings. The Morgan fingerprint density at radius 2 is 0.735 bits per heavy atom. The minimum Gasteiger partial charge on any atom is -1.00 e. The minimum atomic E-state index is -4.89. The van der Waals surface area contributed by atoms with Crippen molar-refractivity contribution in [3.05, 3.63) is 119 Å². The fourth-order valence-corrected chi connectivity index (χ4v) is 10.2. The summed E-state index contributed by atoms with van der Waals surface area (Å²) in [5.41, 5.74) is 3.55. The Labute approximate surface area is 412 Å². The quantitative estimate of drug-likeness (QED) is 0.0450. The van der Waals surface area contributed by atoms with Gasteiger partial charge >= 0.3 is 11.9 Å². The van der Waals surface area contributed by atoms with E-state index in [1.807, 2.05) is 97.1 Å². The number of hydrogen-bond donors (Lipinski definition) is 2. The van der Waals surface area contributed by atoms with Gasteiger partial charge in [-0.2, -0.15) is 0 Å². The lowest BCUT2D eigenvalue weighted by atomic mass is 9.88. The van der Waals surface area contributed by atoms with Gasteiger partial charge < -0.3 is 55.0 Å². The molecule has 6 rings (SSSR count). The fraction of sp³-hybridized carbons (Fsp3) is 0.519. The first-order valence-electron chi connectivity index (χ1n) is 24.7. The molecule has 0 amide bonds. The zero-order chi connectivity index (χ0) is 49.0. The molecule has 2 atom stereocenters. The number of ether oxygens (including phenoxy) is 4. The molecule has 2 N–H and O–H groups in total. The third kappa shape index (κ3) is 16.4. The standard InChI is InChI=1S/2C27H38NO3.ClH.H3O4P/c2*1-5-17-28(18-6-2,19-7-3)20-21(8-4)30-27(29)26-22-13-9-11-15-24(22)31-25-16-12-10-14-23(25)26;;1-5(2,3)4/h2*9-16,21,26H,5-8,17-20H2,1-4H3;1H;(H3,1,2,3,4)/q2*+1;;/p-2. The zero-order valence-corrected chi connectivity index (χ0v) is 43.4. The van der Waals surface area contributed by atoms with Gasteiger partial charge in [-0.15, -0.1) is 0 Å². The van der Waals surface area contributed by atoms with Gasteiger partial charge in [0, 0.05) is 22.3 Å². The maximum absolute atomic E-state index is 13.6. The highest BCUT2D eigenvalue weighted by Gasteiger charge is 2.39. The van der Waals surface area contributed by atoms with Crippen molar-refractivity contribution in [2.75, 3.05) is 52.4 Å². The first-order chi connectivity index (χ1) is 32.1. The number of fused-ring (bicyclic) bond motifs is 4. The normalized spacial score (nSPS) is 13.9. The Morgan fingerprint density at radius 3 is 0.941 bits per heavy atom. The van der Waals surface area contributed by atoms with Gasteiger partial charge in [-0.05, 0) is 75.6 Å². The molecule has 0 radical (unpaired) electrons. The number of rotatable bonds is 22. The monoisotopic (exact) mass is 981 g/mol. The molecule has 0 spiro atoms. The minimum absolute atomic E-state index is 0. The zero-order valence-electron chi connectivity index (χ0n) is 41.7. The van der Waals surface area contributed by atoms with Crippen LogP contribution < -0.4 is 26.8 Å². The summed E-state index contributed by atoms with van der Waals surface area (Å²) in [5, 5.41) is 0. The average molecular weight is 982 g/mol. The third-order valence-corrected chi connectivity index (χ3v) is 12.7. The molecule has 0 aromatic heterocycles. The summed E-state index contributed by atoms with van der Waals surface area (Å²) in [6.45, 7) is 26.4. The van der Waals surface area contributed by atoms with E-state index in [9.17, 15) is 9.59 Å². The van der Waals surface area contributed by atoms with Crippen LogP contribution in [0.1, 0.15) is 141 Å². The molecule has 14 heteroatoms. The number of esters is 2. The van der Waals surface area contributed by atoms with Gasteiger partial charge in [-0.1, -0.05) is 128 Å². The summed E-state index contributed by atoms with van der Waals surface area (Å²) in [7, 11) is -4.89. The van der Waals surface area contributed by atoms with Gasteiger partial charge in [0.2, 0.25) is 0 Å². The fourth-order valence-electron chi connectivity index (χ4n) is 10.2. The van der Waals surface area contributed by atoms with Crippen molar-refractivity contribution in [2.45, 2.75) is 131 Å². The Morgan fingerprint density at radius 1 is 0.515 bits per heavy atom. The number of carbonyl (C=O) groups excluding carboxylic acids is 2. The topological polar surface area (TPSA) is 152 Å². The van der Waals surface area contributed by atoms with Crippen molar-refractivity contribution in [2.24, 2.45) is 0 Å². The third-order valence-electron chi connectivity index (χ3n) is 12.7. The number of hydrogen-bond acceptors (Lipinski definition) is 8. The van der Waals surface area contributed by atoms with Crippen molar-refractivity contribution in [3.63, 3.8) is 0 Å². The van der Waals surface area contributed by atoms with Gasteiger partial charge in [0.25, 0.3) is 7.82 Å². The molecule has 0 saturated heterocycles. The Hall–Kier alpha value is -4.26. The lowest BCUT2D eigenvalue weighted by Crippen LogP contribution is -3.00. The predicted molar refractivity (Wildman–Crippen MR) is 263 cm³/mol. The number of quaternary nitrogens is 2. The molecule has 376 valence electrons. The molecule has 68 heavy (non-hydrogen) atoms. The number of nitrogens with zero attached hydrogens (tertiary/aromatic N) is 2. The maximum atomic E-state index is 13.6. The van der Waals surface area contributed by atoms with E-state index >= 15 is 0 Å². The lowest BCUT2D eigenvalue weighted by molar-refractivity contribution is -0.931. The van der Waals surface area contributed by atoms with E-state index in [-0.39, 0.29) is 36.6 Å². The molecular weight excluding hydrogens is 903 g/mol. The molecule has 0 bridgehead atoms. The number of benzene rings is 4. The highest BCUT2D eigenvalue weighted by Crippen LogP contribution is 2.46. The van der Waals surface area contributed by atoms with Crippen LogP contribution in [0.4, 0.5) is 0 Å². The van der Waals surface area contributed by atoms with Crippen LogP contribution in [0.5, 0.6) is 23.0 Å².